The molecule has 0 unspecified atom stereocenters. The van der Waals surface area contributed by atoms with Crippen molar-refractivity contribution in [2.24, 2.45) is 0 Å². The maximum Gasteiger partial charge on any atom is 0.349 e. The summed E-state index contributed by atoms with van der Waals surface area (Å²) >= 11 is 0. The Kier molecular flexibility index (Phi) is 4.53. The molecule has 5 heteroatoms. The molecule has 0 aliphatic carbocycles. The van der Waals surface area contributed by atoms with Crippen LogP contribution < -0.4 is 16.3 Å². The van der Waals surface area contributed by atoms with Crippen molar-refractivity contribution in [3.05, 3.63) is 46.3 Å². The molecule has 0 atom stereocenters. The third-order valence-electron chi connectivity index (χ3n) is 2.85. The summed E-state index contributed by atoms with van der Waals surface area (Å²) in [6, 6.07) is 9.03. The Morgan fingerprint density at radius 2 is 2.00 bits per heavy atom. The summed E-state index contributed by atoms with van der Waals surface area (Å²) in [5.74, 6) is -0.407. The number of nitrogens with one attached hydrogen (secondary N) is 2. The van der Waals surface area contributed by atoms with Crippen molar-refractivity contribution < 1.29 is 9.21 Å². The van der Waals surface area contributed by atoms with Crippen molar-refractivity contribution in [1.29, 1.82) is 0 Å². The van der Waals surface area contributed by atoms with E-state index in [0.29, 0.717) is 24.7 Å². The number of rotatable bonds is 5. The summed E-state index contributed by atoms with van der Waals surface area (Å²) in [7, 11) is 0. The number of hydrogen-bond donors (Lipinski definition) is 2. The highest BCUT2D eigenvalue weighted by atomic mass is 16.4. The summed E-state index contributed by atoms with van der Waals surface area (Å²) in [5, 5.41) is 6.61. The van der Waals surface area contributed by atoms with E-state index in [2.05, 4.69) is 10.6 Å². The first-order chi connectivity index (χ1) is 9.58. The van der Waals surface area contributed by atoms with Crippen LogP contribution in [0.15, 0.2) is 39.5 Å². The Balaban J connectivity index is 2.10. The predicted octanol–water partition coefficient (Wildman–Crippen LogP) is 1.52. The van der Waals surface area contributed by atoms with Gasteiger partial charge in [-0.1, -0.05) is 32.0 Å². The third-order valence-corrected chi connectivity index (χ3v) is 2.85. The second-order valence-corrected chi connectivity index (χ2v) is 4.85. The molecular weight excluding hydrogens is 256 g/mol. The number of benzene rings is 1. The van der Waals surface area contributed by atoms with Gasteiger partial charge >= 0.3 is 5.63 Å². The van der Waals surface area contributed by atoms with Gasteiger partial charge in [-0.25, -0.2) is 4.79 Å². The molecular formula is C15H18N2O3. The standard InChI is InChI=1S/C15H18N2O3/c1-10(2)16-7-8-17-14(18)12-9-11-5-3-4-6-13(11)20-15(12)19/h3-6,9-10,16H,7-8H2,1-2H3,(H,17,18). The van der Waals surface area contributed by atoms with E-state index in [9.17, 15) is 9.59 Å². The van der Waals surface area contributed by atoms with E-state index in [1.807, 2.05) is 19.9 Å². The fourth-order valence-electron chi connectivity index (χ4n) is 1.85. The van der Waals surface area contributed by atoms with Gasteiger partial charge < -0.3 is 15.1 Å². The molecule has 2 N–H and O–H groups in total. The van der Waals surface area contributed by atoms with Gasteiger partial charge in [-0.15, -0.1) is 0 Å². The number of carbonyl (C=O) groups excluding carboxylic acids is 1. The minimum absolute atomic E-state index is 0.0354. The van der Waals surface area contributed by atoms with Crippen molar-refractivity contribution in [3.8, 4) is 0 Å². The largest absolute Gasteiger partial charge is 0.422 e. The van der Waals surface area contributed by atoms with Gasteiger partial charge in [-0.3, -0.25) is 4.79 Å². The molecule has 0 aliphatic heterocycles. The van der Waals surface area contributed by atoms with E-state index in [1.165, 1.54) is 0 Å². The van der Waals surface area contributed by atoms with E-state index < -0.39 is 11.5 Å². The van der Waals surface area contributed by atoms with Gasteiger partial charge in [0.15, 0.2) is 0 Å². The van der Waals surface area contributed by atoms with Crippen molar-refractivity contribution >= 4 is 16.9 Å². The van der Waals surface area contributed by atoms with Gasteiger partial charge in [0.1, 0.15) is 11.1 Å². The molecule has 5 nitrogen and oxygen atoms in total. The smallest absolute Gasteiger partial charge is 0.349 e. The minimum Gasteiger partial charge on any atom is -0.422 e. The van der Waals surface area contributed by atoms with Crippen LogP contribution in [0.25, 0.3) is 11.0 Å². The van der Waals surface area contributed by atoms with E-state index >= 15 is 0 Å². The van der Waals surface area contributed by atoms with E-state index in [-0.39, 0.29) is 5.56 Å². The van der Waals surface area contributed by atoms with Gasteiger partial charge in [0, 0.05) is 24.5 Å². The average molecular weight is 274 g/mol. The van der Waals surface area contributed by atoms with Crippen LogP contribution in [0.4, 0.5) is 0 Å². The van der Waals surface area contributed by atoms with Crippen LogP contribution in [0.3, 0.4) is 0 Å². The number of amides is 1. The molecule has 0 saturated heterocycles. The molecule has 0 aliphatic rings. The number of fused-ring (bicyclic) bond motifs is 1. The minimum atomic E-state index is -0.613. The molecule has 2 aromatic rings. The first-order valence-electron chi connectivity index (χ1n) is 6.62. The second-order valence-electron chi connectivity index (χ2n) is 4.85. The van der Waals surface area contributed by atoms with Gasteiger partial charge in [0.25, 0.3) is 5.91 Å². The number of para-hydroxylation sites is 1. The van der Waals surface area contributed by atoms with Crippen molar-refractivity contribution in [3.63, 3.8) is 0 Å². The van der Waals surface area contributed by atoms with E-state index in [0.717, 1.165) is 5.39 Å². The zero-order valence-electron chi connectivity index (χ0n) is 11.6. The fourth-order valence-corrected chi connectivity index (χ4v) is 1.85. The predicted molar refractivity (Wildman–Crippen MR) is 78.0 cm³/mol. The lowest BCUT2D eigenvalue weighted by molar-refractivity contribution is 0.0950. The summed E-state index contributed by atoms with van der Waals surface area (Å²) in [6.07, 6.45) is 0. The van der Waals surface area contributed by atoms with Crippen LogP contribution in [0.2, 0.25) is 0 Å². The quantitative estimate of drug-likeness (QED) is 0.640. The van der Waals surface area contributed by atoms with E-state index in [1.54, 1.807) is 24.3 Å². The van der Waals surface area contributed by atoms with Crippen LogP contribution in [0.1, 0.15) is 24.2 Å². The highest BCUT2D eigenvalue weighted by Gasteiger charge is 2.12. The Bertz CT molecular complexity index is 661. The van der Waals surface area contributed by atoms with Gasteiger partial charge in [0.05, 0.1) is 0 Å². The molecule has 1 aromatic carbocycles. The second kappa shape index (κ2) is 6.34. The molecule has 0 fully saturated rings. The molecule has 1 heterocycles. The van der Waals surface area contributed by atoms with Crippen LogP contribution in [-0.4, -0.2) is 25.0 Å². The number of hydrogen-bond acceptors (Lipinski definition) is 4. The van der Waals surface area contributed by atoms with Gasteiger partial charge in [-0.05, 0) is 12.1 Å². The molecule has 0 radical (unpaired) electrons. The first kappa shape index (κ1) is 14.3. The molecule has 1 amide bonds. The maximum absolute atomic E-state index is 12.0. The molecule has 106 valence electrons. The Hall–Kier alpha value is -2.14. The van der Waals surface area contributed by atoms with Crippen molar-refractivity contribution in [1.82, 2.24) is 10.6 Å². The Morgan fingerprint density at radius 3 is 2.75 bits per heavy atom. The zero-order chi connectivity index (χ0) is 14.5. The molecule has 1 aromatic heterocycles. The maximum atomic E-state index is 12.0. The fraction of sp³-hybridized carbons (Fsp3) is 0.333. The first-order valence-corrected chi connectivity index (χ1v) is 6.62. The monoisotopic (exact) mass is 274 g/mol. The van der Waals surface area contributed by atoms with Crippen LogP contribution >= 0.6 is 0 Å². The molecule has 2 rings (SSSR count). The Labute approximate surface area is 117 Å². The van der Waals surface area contributed by atoms with Crippen molar-refractivity contribution in [2.45, 2.75) is 19.9 Å². The van der Waals surface area contributed by atoms with Gasteiger partial charge in [0.2, 0.25) is 0 Å². The highest BCUT2D eigenvalue weighted by Crippen LogP contribution is 2.12. The Morgan fingerprint density at radius 1 is 1.25 bits per heavy atom. The highest BCUT2D eigenvalue weighted by molar-refractivity contribution is 5.96. The molecule has 20 heavy (non-hydrogen) atoms. The lowest BCUT2D eigenvalue weighted by Crippen LogP contribution is -2.36. The van der Waals surface area contributed by atoms with Gasteiger partial charge in [-0.2, -0.15) is 0 Å². The summed E-state index contributed by atoms with van der Waals surface area (Å²) in [4.78, 5) is 23.7. The normalized spacial score (nSPS) is 10.9. The average Bonchev–Trinajstić information content (AvgIpc) is 2.42. The molecule has 0 bridgehead atoms. The number of carbonyl (C=O) groups is 1. The zero-order valence-corrected chi connectivity index (χ0v) is 11.6. The van der Waals surface area contributed by atoms with E-state index in [4.69, 9.17) is 4.42 Å². The molecule has 0 saturated carbocycles. The lowest BCUT2D eigenvalue weighted by atomic mass is 10.2. The SMILES string of the molecule is CC(C)NCCNC(=O)c1cc2ccccc2oc1=O. The summed E-state index contributed by atoms with van der Waals surface area (Å²) in [6.45, 7) is 5.17. The van der Waals surface area contributed by atoms with Crippen LogP contribution in [0.5, 0.6) is 0 Å². The summed E-state index contributed by atoms with van der Waals surface area (Å²) in [5.41, 5.74) is -0.0956. The van der Waals surface area contributed by atoms with Crippen LogP contribution in [-0.2, 0) is 0 Å². The summed E-state index contributed by atoms with van der Waals surface area (Å²) < 4.78 is 5.13. The molecule has 0 spiro atoms. The topological polar surface area (TPSA) is 71.3 Å². The third kappa shape index (κ3) is 3.45. The lowest BCUT2D eigenvalue weighted by Gasteiger charge is -2.08. The van der Waals surface area contributed by atoms with Crippen molar-refractivity contribution in [2.75, 3.05) is 13.1 Å². The van der Waals surface area contributed by atoms with Crippen LogP contribution in [0, 0.1) is 0 Å².